The van der Waals surface area contributed by atoms with Crippen LogP contribution in [0.3, 0.4) is 0 Å². The number of ether oxygens (including phenoxy) is 1. The minimum absolute atomic E-state index is 0.0889. The zero-order valence-electron chi connectivity index (χ0n) is 14.7. The van der Waals surface area contributed by atoms with Gasteiger partial charge in [0.1, 0.15) is 5.75 Å². The number of pyridine rings is 1. The Morgan fingerprint density at radius 3 is 2.52 bits per heavy atom. The van der Waals surface area contributed by atoms with E-state index in [0.29, 0.717) is 6.61 Å². The molecule has 0 spiro atoms. The van der Waals surface area contributed by atoms with Gasteiger partial charge >= 0.3 is 0 Å². The molecule has 0 aliphatic heterocycles. The molecule has 0 saturated carbocycles. The second-order valence-corrected chi connectivity index (χ2v) is 12.2. The van der Waals surface area contributed by atoms with Crippen molar-refractivity contribution in [3.63, 3.8) is 0 Å². The van der Waals surface area contributed by atoms with Gasteiger partial charge in [0, 0.05) is 30.0 Å². The van der Waals surface area contributed by atoms with E-state index in [1.165, 1.54) is 6.07 Å². The molecule has 1 aromatic carbocycles. The molecule has 126 valence electrons. The van der Waals surface area contributed by atoms with Crippen LogP contribution in [0.1, 0.15) is 27.2 Å². The topological polar surface area (TPSA) is 51.3 Å². The fraction of sp³-hybridized carbons (Fsp3) is 0.500. The number of hydrogen-bond donors (Lipinski definition) is 1. The predicted octanol–water partition coefficient (Wildman–Crippen LogP) is 4.32. The smallest absolute Gasteiger partial charge is 0.248 e. The van der Waals surface area contributed by atoms with Gasteiger partial charge in [0.2, 0.25) is 5.56 Å². The third kappa shape index (κ3) is 4.69. The van der Waals surface area contributed by atoms with Crippen molar-refractivity contribution in [3.05, 3.63) is 40.7 Å². The van der Waals surface area contributed by atoms with E-state index in [4.69, 9.17) is 9.16 Å². The molecule has 2 aromatic rings. The lowest BCUT2D eigenvalue weighted by molar-refractivity contribution is 0.234. The minimum Gasteiger partial charge on any atom is -0.493 e. The lowest BCUT2D eigenvalue weighted by atomic mass is 10.2. The van der Waals surface area contributed by atoms with E-state index in [1.807, 2.05) is 24.3 Å². The number of aromatic amines is 1. The van der Waals surface area contributed by atoms with Gasteiger partial charge < -0.3 is 14.1 Å². The molecule has 1 aromatic heterocycles. The summed E-state index contributed by atoms with van der Waals surface area (Å²) < 4.78 is 11.9. The summed E-state index contributed by atoms with van der Waals surface area (Å²) in [5.74, 6) is 0.817. The Morgan fingerprint density at radius 2 is 1.83 bits per heavy atom. The highest BCUT2D eigenvalue weighted by atomic mass is 28.4. The first-order valence-electron chi connectivity index (χ1n) is 8.09. The highest BCUT2D eigenvalue weighted by Crippen LogP contribution is 2.36. The van der Waals surface area contributed by atoms with Crippen molar-refractivity contribution < 1.29 is 9.16 Å². The van der Waals surface area contributed by atoms with Crippen molar-refractivity contribution in [2.75, 3.05) is 13.2 Å². The van der Waals surface area contributed by atoms with Crippen LogP contribution in [0.25, 0.3) is 10.9 Å². The molecule has 5 heteroatoms. The monoisotopic (exact) mass is 333 g/mol. The van der Waals surface area contributed by atoms with Gasteiger partial charge in [0.05, 0.1) is 6.61 Å². The van der Waals surface area contributed by atoms with Gasteiger partial charge in [0.25, 0.3) is 0 Å². The van der Waals surface area contributed by atoms with Crippen molar-refractivity contribution in [1.29, 1.82) is 0 Å². The number of hydrogen-bond acceptors (Lipinski definition) is 3. The molecule has 0 aliphatic rings. The Bertz CT molecular complexity index is 716. The van der Waals surface area contributed by atoms with Crippen LogP contribution in [0.2, 0.25) is 18.1 Å². The first-order valence-corrected chi connectivity index (χ1v) is 11.0. The van der Waals surface area contributed by atoms with Crippen LogP contribution in [-0.4, -0.2) is 26.5 Å². The maximum absolute atomic E-state index is 11.3. The molecule has 4 nitrogen and oxygen atoms in total. The molecule has 23 heavy (non-hydrogen) atoms. The lowest BCUT2D eigenvalue weighted by Gasteiger charge is -2.36. The number of rotatable bonds is 6. The van der Waals surface area contributed by atoms with Crippen LogP contribution >= 0.6 is 0 Å². The lowest BCUT2D eigenvalue weighted by Crippen LogP contribution is -2.41. The Labute approximate surface area is 139 Å². The fourth-order valence-electron chi connectivity index (χ4n) is 2.01. The van der Waals surface area contributed by atoms with Crippen LogP contribution in [0.5, 0.6) is 5.75 Å². The van der Waals surface area contributed by atoms with E-state index in [9.17, 15) is 4.79 Å². The Morgan fingerprint density at radius 1 is 1.09 bits per heavy atom. The third-order valence-electron chi connectivity index (χ3n) is 4.52. The SMILES string of the molecule is CC(C)(C)[Si](C)(C)OCCCOc1ccc2[nH]c(=O)ccc2c1. The van der Waals surface area contributed by atoms with Crippen LogP contribution in [0.15, 0.2) is 35.1 Å². The summed E-state index contributed by atoms with van der Waals surface area (Å²) in [6.45, 7) is 12.6. The van der Waals surface area contributed by atoms with Crippen LogP contribution in [0.4, 0.5) is 0 Å². The predicted molar refractivity (Wildman–Crippen MR) is 97.8 cm³/mol. The molecule has 0 fully saturated rings. The van der Waals surface area contributed by atoms with Crippen LogP contribution in [-0.2, 0) is 4.43 Å². The fourth-order valence-corrected chi connectivity index (χ4v) is 3.10. The molecule has 1 N–H and O–H groups in total. The summed E-state index contributed by atoms with van der Waals surface area (Å²) in [7, 11) is -1.67. The highest BCUT2D eigenvalue weighted by molar-refractivity contribution is 6.74. The molecule has 0 amide bonds. The summed E-state index contributed by atoms with van der Waals surface area (Å²) in [6, 6.07) is 9.03. The van der Waals surface area contributed by atoms with Gasteiger partial charge in [-0.2, -0.15) is 0 Å². The molecule has 0 aliphatic carbocycles. The molecule has 0 saturated heterocycles. The molecule has 0 bridgehead atoms. The van der Waals surface area contributed by atoms with Crippen molar-refractivity contribution in [3.8, 4) is 5.75 Å². The van der Waals surface area contributed by atoms with Gasteiger partial charge in [-0.1, -0.05) is 20.8 Å². The second kappa shape index (κ2) is 6.89. The van der Waals surface area contributed by atoms with Gasteiger partial charge in [-0.15, -0.1) is 0 Å². The average Bonchev–Trinajstić information content (AvgIpc) is 2.45. The summed E-state index contributed by atoms with van der Waals surface area (Å²) in [5.41, 5.74) is 0.736. The van der Waals surface area contributed by atoms with Gasteiger partial charge in [-0.3, -0.25) is 4.79 Å². The summed E-state index contributed by atoms with van der Waals surface area (Å²) in [4.78, 5) is 14.1. The molecule has 0 radical (unpaired) electrons. The summed E-state index contributed by atoms with van der Waals surface area (Å²) in [6.07, 6.45) is 0.871. The number of benzene rings is 1. The summed E-state index contributed by atoms with van der Waals surface area (Å²) >= 11 is 0. The standard InChI is InChI=1S/C18H27NO3Si/c1-18(2,3)23(4,5)22-12-6-11-21-15-8-9-16-14(13-15)7-10-17(20)19-16/h7-10,13H,6,11-12H2,1-5H3,(H,19,20). The number of fused-ring (bicyclic) bond motifs is 1. The quantitative estimate of drug-likeness (QED) is 0.633. The molecule has 2 rings (SSSR count). The van der Waals surface area contributed by atoms with Crippen molar-refractivity contribution in [2.45, 2.75) is 45.3 Å². The van der Waals surface area contributed by atoms with Gasteiger partial charge in [-0.05, 0) is 42.4 Å². The van der Waals surface area contributed by atoms with Gasteiger partial charge in [-0.25, -0.2) is 0 Å². The van der Waals surface area contributed by atoms with E-state index in [2.05, 4.69) is 38.8 Å². The zero-order chi connectivity index (χ0) is 17.1. The Hall–Kier alpha value is -1.59. The van der Waals surface area contributed by atoms with Crippen molar-refractivity contribution >= 4 is 19.2 Å². The zero-order valence-corrected chi connectivity index (χ0v) is 15.7. The molecular formula is C18H27NO3Si. The van der Waals surface area contributed by atoms with E-state index >= 15 is 0 Å². The molecule has 0 atom stereocenters. The molecule has 1 heterocycles. The van der Waals surface area contributed by atoms with E-state index < -0.39 is 8.32 Å². The highest BCUT2D eigenvalue weighted by Gasteiger charge is 2.36. The van der Waals surface area contributed by atoms with Crippen molar-refractivity contribution in [2.24, 2.45) is 0 Å². The maximum Gasteiger partial charge on any atom is 0.248 e. The normalized spacial score (nSPS) is 12.6. The number of H-pyrrole nitrogens is 1. The third-order valence-corrected chi connectivity index (χ3v) is 9.06. The van der Waals surface area contributed by atoms with E-state index in [1.54, 1.807) is 0 Å². The first-order chi connectivity index (χ1) is 10.7. The summed E-state index contributed by atoms with van der Waals surface area (Å²) in [5, 5.41) is 1.21. The largest absolute Gasteiger partial charge is 0.493 e. The second-order valence-electron chi connectivity index (χ2n) is 7.38. The van der Waals surface area contributed by atoms with Crippen LogP contribution in [0, 0.1) is 0 Å². The van der Waals surface area contributed by atoms with Gasteiger partial charge in [0.15, 0.2) is 8.32 Å². The first kappa shape index (κ1) is 17.8. The Kier molecular flexibility index (Phi) is 5.32. The molecule has 0 unspecified atom stereocenters. The number of nitrogens with one attached hydrogen (secondary N) is 1. The van der Waals surface area contributed by atoms with E-state index in [-0.39, 0.29) is 10.6 Å². The van der Waals surface area contributed by atoms with Crippen molar-refractivity contribution in [1.82, 2.24) is 4.98 Å². The molecular weight excluding hydrogens is 306 g/mol. The Balaban J connectivity index is 1.83. The maximum atomic E-state index is 11.3. The van der Waals surface area contributed by atoms with Crippen LogP contribution < -0.4 is 10.3 Å². The van der Waals surface area contributed by atoms with E-state index in [0.717, 1.165) is 29.7 Å². The average molecular weight is 334 g/mol. The number of aromatic nitrogens is 1. The minimum atomic E-state index is -1.67.